The fraction of sp³-hybridized carbons (Fsp3) is 0.341. The van der Waals surface area contributed by atoms with Crippen LogP contribution in [0, 0.1) is 0 Å². The highest BCUT2D eigenvalue weighted by Crippen LogP contribution is 2.33. The Labute approximate surface area is 284 Å². The predicted molar refractivity (Wildman–Crippen MR) is 185 cm³/mol. The van der Waals surface area contributed by atoms with Crippen LogP contribution in [-0.2, 0) is 59.6 Å². The van der Waals surface area contributed by atoms with Gasteiger partial charge in [-0.25, -0.2) is 4.79 Å². The van der Waals surface area contributed by atoms with Crippen LogP contribution in [0.4, 0.5) is 0 Å². The number of rotatable bonds is 18. The first-order valence-corrected chi connectivity index (χ1v) is 16.8. The van der Waals surface area contributed by atoms with Crippen LogP contribution in [0.3, 0.4) is 0 Å². The molecule has 7 heteroatoms. The largest absolute Gasteiger partial charge is 0.463 e. The van der Waals surface area contributed by atoms with E-state index < -0.39 is 24.4 Å². The van der Waals surface area contributed by atoms with Crippen molar-refractivity contribution in [2.75, 3.05) is 13.2 Å². The maximum atomic E-state index is 12.0. The van der Waals surface area contributed by atoms with E-state index in [0.717, 1.165) is 22.3 Å². The lowest BCUT2D eigenvalue weighted by Crippen LogP contribution is -2.61. The lowest BCUT2D eigenvalue weighted by Gasteiger charge is -2.46. The summed E-state index contributed by atoms with van der Waals surface area (Å²) in [6.45, 7) is 4.03. The first-order chi connectivity index (χ1) is 23.7. The molecule has 4 aromatic rings. The van der Waals surface area contributed by atoms with Crippen molar-refractivity contribution in [3.05, 3.63) is 156 Å². The molecular formula is C41H46O7. The van der Waals surface area contributed by atoms with Gasteiger partial charge >= 0.3 is 5.97 Å². The van der Waals surface area contributed by atoms with Crippen molar-refractivity contribution in [2.24, 2.45) is 0 Å². The molecule has 0 radical (unpaired) electrons. The van der Waals surface area contributed by atoms with Gasteiger partial charge in [-0.15, -0.1) is 0 Å². The lowest BCUT2D eigenvalue weighted by molar-refractivity contribution is -0.273. The van der Waals surface area contributed by atoms with Crippen LogP contribution in [0.25, 0.3) is 0 Å². The fourth-order valence-corrected chi connectivity index (χ4v) is 5.75. The van der Waals surface area contributed by atoms with E-state index in [2.05, 4.69) is 12.1 Å². The van der Waals surface area contributed by atoms with Crippen LogP contribution in [-0.4, -0.2) is 49.7 Å². The van der Waals surface area contributed by atoms with E-state index in [-0.39, 0.29) is 12.1 Å². The van der Waals surface area contributed by atoms with Gasteiger partial charge in [-0.2, -0.15) is 0 Å². The number of hydrogen-bond acceptors (Lipinski definition) is 7. The van der Waals surface area contributed by atoms with E-state index in [4.69, 9.17) is 28.4 Å². The molecule has 5 rings (SSSR count). The Bertz CT molecular complexity index is 1480. The minimum absolute atomic E-state index is 0.306. The summed E-state index contributed by atoms with van der Waals surface area (Å²) in [7, 11) is 0. The molecule has 252 valence electrons. The van der Waals surface area contributed by atoms with E-state index in [1.165, 1.54) is 6.08 Å². The van der Waals surface area contributed by atoms with Gasteiger partial charge in [0.2, 0.25) is 0 Å². The van der Waals surface area contributed by atoms with Crippen molar-refractivity contribution in [3.63, 3.8) is 0 Å². The third-order valence-corrected chi connectivity index (χ3v) is 8.14. The summed E-state index contributed by atoms with van der Waals surface area (Å²) in [5.74, 6) is -0.357. The molecule has 0 amide bonds. The molecule has 0 aromatic heterocycles. The van der Waals surface area contributed by atoms with Gasteiger partial charge in [0.05, 0.1) is 45.7 Å². The molecule has 1 saturated heterocycles. The van der Waals surface area contributed by atoms with Crippen molar-refractivity contribution in [1.29, 1.82) is 0 Å². The molecule has 1 heterocycles. The van der Waals surface area contributed by atoms with Gasteiger partial charge < -0.3 is 28.4 Å². The Hall–Kier alpha value is -4.11. The van der Waals surface area contributed by atoms with E-state index >= 15 is 0 Å². The van der Waals surface area contributed by atoms with Gasteiger partial charge in [0.1, 0.15) is 24.4 Å². The molecule has 7 nitrogen and oxygen atoms in total. The Morgan fingerprint density at radius 3 is 1.52 bits per heavy atom. The molecule has 1 aliphatic heterocycles. The molecule has 0 saturated carbocycles. The van der Waals surface area contributed by atoms with Gasteiger partial charge in [0.25, 0.3) is 0 Å². The van der Waals surface area contributed by atoms with Crippen molar-refractivity contribution in [2.45, 2.75) is 76.7 Å². The number of ether oxygens (including phenoxy) is 6. The average Bonchev–Trinajstić information content (AvgIpc) is 3.13. The zero-order valence-corrected chi connectivity index (χ0v) is 27.6. The third kappa shape index (κ3) is 11.3. The summed E-state index contributed by atoms with van der Waals surface area (Å²) in [4.78, 5) is 12.0. The van der Waals surface area contributed by atoms with Crippen LogP contribution < -0.4 is 0 Å². The molecule has 5 atom stereocenters. The molecule has 48 heavy (non-hydrogen) atoms. The van der Waals surface area contributed by atoms with Gasteiger partial charge in [-0.1, -0.05) is 127 Å². The lowest BCUT2D eigenvalue weighted by atomic mass is 9.91. The number of carbonyl (C=O) groups excluding carboxylic acids is 1. The van der Waals surface area contributed by atoms with Crippen molar-refractivity contribution >= 4 is 5.97 Å². The second-order valence-electron chi connectivity index (χ2n) is 11.7. The van der Waals surface area contributed by atoms with Crippen LogP contribution >= 0.6 is 0 Å². The minimum atomic E-state index is -0.489. The van der Waals surface area contributed by atoms with E-state index in [0.29, 0.717) is 52.5 Å². The molecule has 1 fully saturated rings. The quantitative estimate of drug-likeness (QED) is 0.0810. The average molecular weight is 651 g/mol. The molecular weight excluding hydrogens is 604 g/mol. The van der Waals surface area contributed by atoms with Gasteiger partial charge in [-0.05, 0) is 42.0 Å². The second-order valence-corrected chi connectivity index (χ2v) is 11.7. The van der Waals surface area contributed by atoms with Gasteiger partial charge in [0.15, 0.2) is 0 Å². The van der Waals surface area contributed by atoms with E-state index in [1.807, 2.05) is 115 Å². The number of carbonyl (C=O) groups is 1. The van der Waals surface area contributed by atoms with Crippen molar-refractivity contribution in [1.82, 2.24) is 0 Å². The molecule has 1 aliphatic rings. The Morgan fingerprint density at radius 2 is 1.04 bits per heavy atom. The molecule has 0 aliphatic carbocycles. The minimum Gasteiger partial charge on any atom is -0.463 e. The highest BCUT2D eigenvalue weighted by atomic mass is 16.6. The SMILES string of the molecule is CCOC(=O)/C=C/CC[C@@H]1O[C@H](COCc2ccccc2)[C@H](OCc2ccccc2)[C@H](OCc2ccccc2)[C@H]1OCc1ccccc1. The number of esters is 1. The normalized spacial score (nSPS) is 20.9. The van der Waals surface area contributed by atoms with E-state index in [1.54, 1.807) is 6.92 Å². The molecule has 0 bridgehead atoms. The third-order valence-electron chi connectivity index (χ3n) is 8.14. The first kappa shape index (κ1) is 35.2. The maximum Gasteiger partial charge on any atom is 0.330 e. The number of allylic oxidation sites excluding steroid dienone is 1. The van der Waals surface area contributed by atoms with Crippen LogP contribution in [0.2, 0.25) is 0 Å². The topological polar surface area (TPSA) is 72.5 Å². The molecule has 0 N–H and O–H groups in total. The summed E-state index contributed by atoms with van der Waals surface area (Å²) >= 11 is 0. The molecule has 4 aromatic carbocycles. The Balaban J connectivity index is 1.42. The highest BCUT2D eigenvalue weighted by molar-refractivity contribution is 5.81. The predicted octanol–water partition coefficient (Wildman–Crippen LogP) is 7.63. The Morgan fingerprint density at radius 1 is 0.604 bits per heavy atom. The molecule has 0 unspecified atom stereocenters. The van der Waals surface area contributed by atoms with Crippen molar-refractivity contribution < 1.29 is 33.2 Å². The van der Waals surface area contributed by atoms with Crippen molar-refractivity contribution in [3.8, 4) is 0 Å². The molecule has 0 spiro atoms. The smallest absolute Gasteiger partial charge is 0.330 e. The van der Waals surface area contributed by atoms with Crippen LogP contribution in [0.5, 0.6) is 0 Å². The number of benzene rings is 4. The monoisotopic (exact) mass is 650 g/mol. The first-order valence-electron chi connectivity index (χ1n) is 16.8. The van der Waals surface area contributed by atoms with E-state index in [9.17, 15) is 4.79 Å². The van der Waals surface area contributed by atoms with Gasteiger partial charge in [0, 0.05) is 6.08 Å². The standard InChI is InChI=1S/C41H46O7/c1-2-44-38(42)26-16-15-25-36-39(45-28-33-19-9-4-10-20-33)41(47-30-35-23-13-6-14-24-35)40(46-29-34-21-11-5-12-22-34)37(48-36)31-43-27-32-17-7-3-8-18-32/h3-14,16-24,26,36-37,39-41H,2,15,25,27-31H2,1H3/b26-16+/t36-,37+,39-,40-,41+/m0/s1. The van der Waals surface area contributed by atoms with Gasteiger partial charge in [-0.3, -0.25) is 0 Å². The number of hydrogen-bond donors (Lipinski definition) is 0. The zero-order valence-electron chi connectivity index (χ0n) is 27.6. The highest BCUT2D eigenvalue weighted by Gasteiger charge is 2.48. The summed E-state index contributed by atoms with van der Waals surface area (Å²) < 4.78 is 38.4. The summed E-state index contributed by atoms with van der Waals surface area (Å²) in [6.07, 6.45) is 2.27. The summed E-state index contributed by atoms with van der Waals surface area (Å²) in [5.41, 5.74) is 4.24. The summed E-state index contributed by atoms with van der Waals surface area (Å²) in [5, 5.41) is 0. The van der Waals surface area contributed by atoms with Crippen LogP contribution in [0.1, 0.15) is 42.0 Å². The fourth-order valence-electron chi connectivity index (χ4n) is 5.75. The zero-order chi connectivity index (χ0) is 33.2. The Kier molecular flexibility index (Phi) is 14.4. The second kappa shape index (κ2) is 19.6. The maximum absolute atomic E-state index is 12.0. The summed E-state index contributed by atoms with van der Waals surface area (Å²) in [6, 6.07) is 40.4. The van der Waals surface area contributed by atoms with Crippen LogP contribution in [0.15, 0.2) is 133 Å².